The second-order valence-electron chi connectivity index (χ2n) is 9.03. The van der Waals surface area contributed by atoms with Gasteiger partial charge >= 0.3 is 6.03 Å². The molecule has 4 saturated carbocycles. The van der Waals surface area contributed by atoms with E-state index in [0.29, 0.717) is 30.0 Å². The first-order valence-electron chi connectivity index (χ1n) is 10.4. The van der Waals surface area contributed by atoms with Gasteiger partial charge in [-0.25, -0.2) is 9.78 Å². The molecule has 6 heteroatoms. The first kappa shape index (κ1) is 16.9. The number of hydrogen-bond acceptors (Lipinski definition) is 4. The van der Waals surface area contributed by atoms with Crippen LogP contribution in [-0.4, -0.2) is 41.1 Å². The summed E-state index contributed by atoms with van der Waals surface area (Å²) in [4.78, 5) is 19.1. The zero-order valence-corrected chi connectivity index (χ0v) is 15.6. The topological polar surface area (TPSA) is 81.0 Å². The van der Waals surface area contributed by atoms with Crippen molar-refractivity contribution < 1.29 is 4.79 Å². The SMILES string of the molecule is N#Cc1ccc(N[C@@H]2CCN(C(=O)NC3C4CC5CC(C4)CC3C5)C2)nc1. The molecule has 0 aromatic carbocycles. The number of likely N-dealkylation sites (tertiary alicyclic amines) is 1. The lowest BCUT2D eigenvalue weighted by molar-refractivity contribution is -0.0107. The molecule has 2 heterocycles. The van der Waals surface area contributed by atoms with Crippen LogP contribution < -0.4 is 10.6 Å². The maximum atomic E-state index is 12.9. The number of pyridine rings is 1. The van der Waals surface area contributed by atoms with E-state index in [1.165, 1.54) is 32.1 Å². The van der Waals surface area contributed by atoms with Crippen LogP contribution in [0.2, 0.25) is 0 Å². The van der Waals surface area contributed by atoms with Gasteiger partial charge in [0, 0.05) is 31.4 Å². The molecule has 5 aliphatic rings. The molecule has 1 aromatic heterocycles. The normalized spacial score (nSPS) is 36.5. The number of nitriles is 1. The fraction of sp³-hybridized carbons (Fsp3) is 0.667. The number of urea groups is 1. The van der Waals surface area contributed by atoms with Gasteiger partial charge in [-0.15, -0.1) is 0 Å². The van der Waals surface area contributed by atoms with Crippen LogP contribution in [0.1, 0.15) is 44.1 Å². The molecule has 0 unspecified atom stereocenters. The number of carbonyl (C=O) groups excluding carboxylic acids is 1. The Hall–Kier alpha value is -2.29. The number of aromatic nitrogens is 1. The van der Waals surface area contributed by atoms with E-state index in [4.69, 9.17) is 5.26 Å². The Morgan fingerprint density at radius 2 is 1.89 bits per heavy atom. The highest BCUT2D eigenvalue weighted by atomic mass is 16.2. The second-order valence-corrected chi connectivity index (χ2v) is 9.03. The first-order valence-corrected chi connectivity index (χ1v) is 10.4. The van der Waals surface area contributed by atoms with Crippen LogP contribution in [0.3, 0.4) is 0 Å². The third kappa shape index (κ3) is 3.24. The third-order valence-electron chi connectivity index (χ3n) is 7.24. The molecule has 142 valence electrons. The van der Waals surface area contributed by atoms with E-state index < -0.39 is 0 Å². The number of hydrogen-bond donors (Lipinski definition) is 2. The van der Waals surface area contributed by atoms with E-state index >= 15 is 0 Å². The molecule has 27 heavy (non-hydrogen) atoms. The van der Waals surface area contributed by atoms with Gasteiger partial charge in [-0.3, -0.25) is 0 Å². The molecule has 1 aromatic rings. The number of amides is 2. The molecule has 4 aliphatic carbocycles. The van der Waals surface area contributed by atoms with Crippen LogP contribution in [0.25, 0.3) is 0 Å². The molecular weight excluding hydrogens is 338 g/mol. The second kappa shape index (κ2) is 6.70. The van der Waals surface area contributed by atoms with Crippen molar-refractivity contribution in [3.8, 4) is 6.07 Å². The predicted octanol–water partition coefficient (Wildman–Crippen LogP) is 2.97. The summed E-state index contributed by atoms with van der Waals surface area (Å²) in [6.45, 7) is 1.49. The van der Waals surface area contributed by atoms with E-state index in [9.17, 15) is 4.79 Å². The predicted molar refractivity (Wildman–Crippen MR) is 102 cm³/mol. The van der Waals surface area contributed by atoms with Crippen LogP contribution in [0.4, 0.5) is 10.6 Å². The molecule has 4 bridgehead atoms. The van der Waals surface area contributed by atoms with Crippen molar-refractivity contribution in [3.05, 3.63) is 23.9 Å². The highest BCUT2D eigenvalue weighted by Gasteiger charge is 2.49. The van der Waals surface area contributed by atoms with E-state index in [-0.39, 0.29) is 12.1 Å². The van der Waals surface area contributed by atoms with Gasteiger partial charge in [0.15, 0.2) is 0 Å². The molecule has 1 saturated heterocycles. The monoisotopic (exact) mass is 365 g/mol. The largest absolute Gasteiger partial charge is 0.365 e. The highest BCUT2D eigenvalue weighted by Crippen LogP contribution is 2.53. The first-order chi connectivity index (χ1) is 13.2. The molecule has 1 atom stereocenters. The third-order valence-corrected chi connectivity index (χ3v) is 7.24. The van der Waals surface area contributed by atoms with Gasteiger partial charge in [0.05, 0.1) is 5.56 Å². The lowest BCUT2D eigenvalue weighted by atomic mass is 9.54. The molecule has 1 aliphatic heterocycles. The smallest absolute Gasteiger partial charge is 0.317 e. The van der Waals surface area contributed by atoms with Gasteiger partial charge in [0.25, 0.3) is 0 Å². The molecule has 2 amide bonds. The van der Waals surface area contributed by atoms with Crippen molar-refractivity contribution in [3.63, 3.8) is 0 Å². The summed E-state index contributed by atoms with van der Waals surface area (Å²) in [7, 11) is 0. The molecule has 0 spiro atoms. The fourth-order valence-electron chi connectivity index (χ4n) is 6.21. The van der Waals surface area contributed by atoms with Crippen LogP contribution in [0.15, 0.2) is 18.3 Å². The lowest BCUT2D eigenvalue weighted by Crippen LogP contribution is -2.57. The number of nitrogens with one attached hydrogen (secondary N) is 2. The van der Waals surface area contributed by atoms with E-state index in [0.717, 1.165) is 30.6 Å². The van der Waals surface area contributed by atoms with Crippen molar-refractivity contribution in [2.24, 2.45) is 23.7 Å². The molecular formula is C21H27N5O. The minimum Gasteiger partial charge on any atom is -0.365 e. The number of nitrogens with zero attached hydrogens (tertiary/aromatic N) is 3. The average molecular weight is 365 g/mol. The zero-order chi connectivity index (χ0) is 18.4. The Bertz CT molecular complexity index is 727. The minimum absolute atomic E-state index is 0.115. The Balaban J connectivity index is 1.16. The summed E-state index contributed by atoms with van der Waals surface area (Å²) in [6.07, 6.45) is 9.25. The minimum atomic E-state index is 0.115. The standard InChI is InChI=1S/C21H27N5O/c22-10-13-1-2-19(23-11-13)24-18-3-4-26(12-18)21(27)25-20-16-6-14-5-15(8-16)9-17(20)7-14/h1-2,11,14-18,20H,3-9,12H2,(H,23,24)(H,25,27)/t14?,15?,16?,17?,18-,20?/m1/s1. The lowest BCUT2D eigenvalue weighted by Gasteiger charge is -2.54. The molecule has 2 N–H and O–H groups in total. The Labute approximate surface area is 160 Å². The highest BCUT2D eigenvalue weighted by molar-refractivity contribution is 5.75. The van der Waals surface area contributed by atoms with Crippen molar-refractivity contribution in [2.45, 2.75) is 50.6 Å². The summed E-state index contributed by atoms with van der Waals surface area (Å²) in [5, 5.41) is 15.7. The van der Waals surface area contributed by atoms with Crippen LogP contribution in [0.5, 0.6) is 0 Å². The van der Waals surface area contributed by atoms with Crippen LogP contribution in [0, 0.1) is 35.0 Å². The fourth-order valence-corrected chi connectivity index (χ4v) is 6.21. The van der Waals surface area contributed by atoms with Gasteiger partial charge < -0.3 is 15.5 Å². The van der Waals surface area contributed by atoms with Crippen molar-refractivity contribution >= 4 is 11.8 Å². The van der Waals surface area contributed by atoms with Gasteiger partial charge in [-0.2, -0.15) is 5.26 Å². The molecule has 5 fully saturated rings. The molecule has 6 rings (SSSR count). The summed E-state index contributed by atoms with van der Waals surface area (Å²) in [5.41, 5.74) is 0.559. The maximum Gasteiger partial charge on any atom is 0.317 e. The van der Waals surface area contributed by atoms with Gasteiger partial charge in [-0.1, -0.05) is 0 Å². The van der Waals surface area contributed by atoms with Crippen molar-refractivity contribution in [2.75, 3.05) is 18.4 Å². The van der Waals surface area contributed by atoms with E-state index in [1.807, 2.05) is 11.0 Å². The number of rotatable bonds is 3. The zero-order valence-electron chi connectivity index (χ0n) is 15.6. The Kier molecular flexibility index (Phi) is 4.18. The van der Waals surface area contributed by atoms with E-state index in [2.05, 4.69) is 21.7 Å². The Morgan fingerprint density at radius 1 is 1.15 bits per heavy atom. The van der Waals surface area contributed by atoms with Gasteiger partial charge in [0.1, 0.15) is 11.9 Å². The summed E-state index contributed by atoms with van der Waals surface area (Å²) in [6, 6.07) is 6.41. The van der Waals surface area contributed by atoms with Crippen molar-refractivity contribution in [1.82, 2.24) is 15.2 Å². The number of anilines is 1. The Morgan fingerprint density at radius 3 is 2.52 bits per heavy atom. The maximum absolute atomic E-state index is 12.9. The van der Waals surface area contributed by atoms with Gasteiger partial charge in [-0.05, 0) is 74.3 Å². The summed E-state index contributed by atoms with van der Waals surface area (Å²) >= 11 is 0. The molecule has 6 nitrogen and oxygen atoms in total. The van der Waals surface area contributed by atoms with Crippen LogP contribution in [-0.2, 0) is 0 Å². The van der Waals surface area contributed by atoms with Crippen LogP contribution >= 0.6 is 0 Å². The molecule has 0 radical (unpaired) electrons. The average Bonchev–Trinajstić information content (AvgIpc) is 3.13. The summed E-state index contributed by atoms with van der Waals surface area (Å²) < 4.78 is 0. The quantitative estimate of drug-likeness (QED) is 0.863. The number of carbonyl (C=O) groups is 1. The van der Waals surface area contributed by atoms with E-state index in [1.54, 1.807) is 12.3 Å². The summed E-state index contributed by atoms with van der Waals surface area (Å²) in [5.74, 6) is 4.05. The van der Waals surface area contributed by atoms with Gasteiger partial charge in [0.2, 0.25) is 0 Å². The van der Waals surface area contributed by atoms with Crippen molar-refractivity contribution in [1.29, 1.82) is 5.26 Å².